The first-order valence-electron chi connectivity index (χ1n) is 2.99. The summed E-state index contributed by atoms with van der Waals surface area (Å²) in [6, 6.07) is -0.0279. The standard InChI is InChI=1S/C6H14N2O/c1-5(7)4-6(9)8(2)3/h5H,4,7H2,1-3H3/t5-/m1/s1. The van der Waals surface area contributed by atoms with Crippen LogP contribution in [0.3, 0.4) is 0 Å². The maximum absolute atomic E-state index is 10.8. The van der Waals surface area contributed by atoms with Crippen LogP contribution in [0, 0.1) is 0 Å². The number of rotatable bonds is 2. The highest BCUT2D eigenvalue weighted by atomic mass is 16.2. The number of carbonyl (C=O) groups excluding carboxylic acids is 1. The first-order chi connectivity index (χ1) is 4.04. The van der Waals surface area contributed by atoms with Crippen LogP contribution in [0.1, 0.15) is 13.3 Å². The van der Waals surface area contributed by atoms with Crippen molar-refractivity contribution in [3.05, 3.63) is 0 Å². The number of nitrogens with zero attached hydrogens (tertiary/aromatic N) is 1. The Balaban J connectivity index is 3.51. The molecule has 0 rings (SSSR count). The molecule has 0 saturated carbocycles. The summed E-state index contributed by atoms with van der Waals surface area (Å²) >= 11 is 0. The second-order valence-electron chi connectivity index (χ2n) is 2.47. The molecule has 3 nitrogen and oxygen atoms in total. The van der Waals surface area contributed by atoms with E-state index in [9.17, 15) is 4.79 Å². The molecule has 54 valence electrons. The van der Waals surface area contributed by atoms with E-state index in [0.29, 0.717) is 6.42 Å². The normalized spacial score (nSPS) is 12.9. The lowest BCUT2D eigenvalue weighted by molar-refractivity contribution is -0.128. The molecule has 0 aliphatic heterocycles. The van der Waals surface area contributed by atoms with Crippen molar-refractivity contribution in [2.24, 2.45) is 5.73 Å². The van der Waals surface area contributed by atoms with Crippen LogP contribution in [-0.4, -0.2) is 30.9 Å². The molecule has 0 aromatic rings. The van der Waals surface area contributed by atoms with Gasteiger partial charge in [0.2, 0.25) is 5.91 Å². The molecule has 0 spiro atoms. The highest BCUT2D eigenvalue weighted by molar-refractivity contribution is 5.76. The van der Waals surface area contributed by atoms with Crippen molar-refractivity contribution in [3.63, 3.8) is 0 Å². The number of hydrogen-bond acceptors (Lipinski definition) is 2. The van der Waals surface area contributed by atoms with Crippen molar-refractivity contribution in [3.8, 4) is 0 Å². The fourth-order valence-electron chi connectivity index (χ4n) is 0.458. The van der Waals surface area contributed by atoms with Crippen LogP contribution in [0.5, 0.6) is 0 Å². The monoisotopic (exact) mass is 130 g/mol. The van der Waals surface area contributed by atoms with Crippen molar-refractivity contribution < 1.29 is 4.79 Å². The topological polar surface area (TPSA) is 46.3 Å². The lowest BCUT2D eigenvalue weighted by Gasteiger charge is -2.11. The molecule has 0 aromatic carbocycles. The van der Waals surface area contributed by atoms with E-state index >= 15 is 0 Å². The molecular formula is C6H14N2O. The molecule has 0 radical (unpaired) electrons. The molecule has 1 amide bonds. The third kappa shape index (κ3) is 3.97. The maximum atomic E-state index is 10.8. The minimum Gasteiger partial charge on any atom is -0.349 e. The van der Waals surface area contributed by atoms with Gasteiger partial charge in [0.1, 0.15) is 0 Å². The van der Waals surface area contributed by atoms with E-state index in [1.54, 1.807) is 19.0 Å². The van der Waals surface area contributed by atoms with Gasteiger partial charge in [-0.2, -0.15) is 0 Å². The van der Waals surface area contributed by atoms with Crippen LogP contribution in [0.4, 0.5) is 0 Å². The van der Waals surface area contributed by atoms with Gasteiger partial charge in [-0.25, -0.2) is 0 Å². The maximum Gasteiger partial charge on any atom is 0.223 e. The zero-order chi connectivity index (χ0) is 7.44. The Morgan fingerprint density at radius 2 is 2.11 bits per heavy atom. The minimum absolute atomic E-state index is 0.0279. The summed E-state index contributed by atoms with van der Waals surface area (Å²) in [4.78, 5) is 12.3. The Morgan fingerprint density at radius 1 is 1.67 bits per heavy atom. The summed E-state index contributed by atoms with van der Waals surface area (Å²) < 4.78 is 0. The Hall–Kier alpha value is -0.570. The van der Waals surface area contributed by atoms with Crippen molar-refractivity contribution in [1.82, 2.24) is 4.90 Å². The third-order valence-electron chi connectivity index (χ3n) is 0.995. The van der Waals surface area contributed by atoms with Crippen LogP contribution < -0.4 is 5.73 Å². The smallest absolute Gasteiger partial charge is 0.223 e. The van der Waals surface area contributed by atoms with Gasteiger partial charge in [-0.15, -0.1) is 0 Å². The van der Waals surface area contributed by atoms with Crippen molar-refractivity contribution in [2.75, 3.05) is 14.1 Å². The minimum atomic E-state index is -0.0279. The van der Waals surface area contributed by atoms with E-state index in [1.165, 1.54) is 0 Å². The number of nitrogens with two attached hydrogens (primary N) is 1. The second kappa shape index (κ2) is 3.45. The van der Waals surface area contributed by atoms with Crippen LogP contribution in [0.15, 0.2) is 0 Å². The van der Waals surface area contributed by atoms with Crippen LogP contribution >= 0.6 is 0 Å². The zero-order valence-electron chi connectivity index (χ0n) is 6.22. The van der Waals surface area contributed by atoms with Crippen LogP contribution in [0.25, 0.3) is 0 Å². The largest absolute Gasteiger partial charge is 0.349 e. The first kappa shape index (κ1) is 8.43. The van der Waals surface area contributed by atoms with Gasteiger partial charge >= 0.3 is 0 Å². The second-order valence-corrected chi connectivity index (χ2v) is 2.47. The van der Waals surface area contributed by atoms with Gasteiger partial charge in [0, 0.05) is 26.6 Å². The average Bonchev–Trinajstić information content (AvgIpc) is 1.63. The Bertz CT molecular complexity index is 99.2. The Kier molecular flexibility index (Phi) is 3.24. The van der Waals surface area contributed by atoms with Gasteiger partial charge < -0.3 is 10.6 Å². The van der Waals surface area contributed by atoms with E-state index in [1.807, 2.05) is 6.92 Å². The lowest BCUT2D eigenvalue weighted by atomic mass is 10.2. The zero-order valence-corrected chi connectivity index (χ0v) is 6.22. The summed E-state index contributed by atoms with van der Waals surface area (Å²) in [6.07, 6.45) is 0.438. The predicted octanol–water partition coefficient (Wildman–Crippen LogP) is -0.188. The number of carbonyl (C=O) groups is 1. The molecule has 0 saturated heterocycles. The molecule has 0 heterocycles. The van der Waals surface area contributed by atoms with Gasteiger partial charge in [0.15, 0.2) is 0 Å². The Morgan fingerprint density at radius 3 is 2.22 bits per heavy atom. The van der Waals surface area contributed by atoms with Crippen LogP contribution in [0.2, 0.25) is 0 Å². The Labute approximate surface area is 55.8 Å². The van der Waals surface area contributed by atoms with E-state index in [-0.39, 0.29) is 11.9 Å². The highest BCUT2D eigenvalue weighted by Gasteiger charge is 2.05. The average molecular weight is 130 g/mol. The summed E-state index contributed by atoms with van der Waals surface area (Å²) in [5.74, 6) is 0.0880. The number of amides is 1. The lowest BCUT2D eigenvalue weighted by Crippen LogP contribution is -2.28. The summed E-state index contributed by atoms with van der Waals surface area (Å²) in [6.45, 7) is 1.82. The third-order valence-corrected chi connectivity index (χ3v) is 0.995. The fourth-order valence-corrected chi connectivity index (χ4v) is 0.458. The molecule has 0 unspecified atom stereocenters. The highest BCUT2D eigenvalue weighted by Crippen LogP contribution is 1.89. The molecule has 0 bridgehead atoms. The predicted molar refractivity (Wildman–Crippen MR) is 37.0 cm³/mol. The van der Waals surface area contributed by atoms with Gasteiger partial charge in [0.25, 0.3) is 0 Å². The first-order valence-corrected chi connectivity index (χ1v) is 2.99. The molecule has 0 fully saturated rings. The van der Waals surface area contributed by atoms with Crippen molar-refractivity contribution in [2.45, 2.75) is 19.4 Å². The number of hydrogen-bond donors (Lipinski definition) is 1. The summed E-state index contributed by atoms with van der Waals surface area (Å²) in [7, 11) is 3.45. The van der Waals surface area contributed by atoms with Gasteiger partial charge in [0.05, 0.1) is 0 Å². The van der Waals surface area contributed by atoms with E-state index in [0.717, 1.165) is 0 Å². The molecular weight excluding hydrogens is 116 g/mol. The van der Waals surface area contributed by atoms with Crippen molar-refractivity contribution >= 4 is 5.91 Å². The van der Waals surface area contributed by atoms with Gasteiger partial charge in [-0.1, -0.05) is 0 Å². The molecule has 0 aliphatic rings. The summed E-state index contributed by atoms with van der Waals surface area (Å²) in [5, 5.41) is 0. The quantitative estimate of drug-likeness (QED) is 0.563. The molecule has 9 heavy (non-hydrogen) atoms. The van der Waals surface area contributed by atoms with Crippen molar-refractivity contribution in [1.29, 1.82) is 0 Å². The van der Waals surface area contributed by atoms with Gasteiger partial charge in [-0.05, 0) is 6.92 Å². The molecule has 3 heteroatoms. The van der Waals surface area contributed by atoms with E-state index in [4.69, 9.17) is 5.73 Å². The van der Waals surface area contributed by atoms with E-state index < -0.39 is 0 Å². The summed E-state index contributed by atoms with van der Waals surface area (Å²) in [5.41, 5.74) is 5.38. The molecule has 0 aliphatic carbocycles. The molecule has 0 aromatic heterocycles. The van der Waals surface area contributed by atoms with E-state index in [2.05, 4.69) is 0 Å². The molecule has 1 atom stereocenters. The fraction of sp³-hybridized carbons (Fsp3) is 0.833. The van der Waals surface area contributed by atoms with Crippen LogP contribution in [-0.2, 0) is 4.79 Å². The van der Waals surface area contributed by atoms with Gasteiger partial charge in [-0.3, -0.25) is 4.79 Å². The molecule has 2 N–H and O–H groups in total. The SMILES string of the molecule is C[C@@H](N)CC(=O)N(C)C.